The second kappa shape index (κ2) is 7.72. The number of aromatic nitrogens is 1. The molecule has 0 unspecified atom stereocenters. The summed E-state index contributed by atoms with van der Waals surface area (Å²) in [6.45, 7) is 2.06. The zero-order valence-corrected chi connectivity index (χ0v) is 18.1. The minimum absolute atomic E-state index is 0.0891. The van der Waals surface area contributed by atoms with Crippen molar-refractivity contribution in [3.63, 3.8) is 0 Å². The molecule has 0 amide bonds. The van der Waals surface area contributed by atoms with E-state index in [9.17, 15) is 8.42 Å². The highest BCUT2D eigenvalue weighted by Gasteiger charge is 2.25. The van der Waals surface area contributed by atoms with E-state index in [2.05, 4.69) is 36.8 Å². The number of fused-ring (bicyclic) bond motifs is 1. The van der Waals surface area contributed by atoms with Crippen molar-refractivity contribution in [3.05, 3.63) is 56.6 Å². The molecule has 9 heteroatoms. The smallest absolute Gasteiger partial charge is 0.343 e. The fourth-order valence-electron chi connectivity index (χ4n) is 2.33. The molecule has 0 saturated carbocycles. The van der Waals surface area contributed by atoms with Gasteiger partial charge in [0.1, 0.15) is 16.2 Å². The minimum atomic E-state index is -4.21. The van der Waals surface area contributed by atoms with Crippen molar-refractivity contribution in [1.29, 1.82) is 0 Å². The first-order chi connectivity index (χ1) is 12.3. The molecule has 0 fully saturated rings. The van der Waals surface area contributed by atoms with Crippen LogP contribution >= 0.6 is 43.5 Å². The molecular formula is C17H12Br2ClNO4S. The number of rotatable bonds is 5. The van der Waals surface area contributed by atoms with Gasteiger partial charge in [-0.2, -0.15) is 8.42 Å². The molecule has 0 aliphatic rings. The van der Waals surface area contributed by atoms with Crippen molar-refractivity contribution in [3.8, 4) is 11.5 Å². The van der Waals surface area contributed by atoms with Gasteiger partial charge >= 0.3 is 10.1 Å². The Hall–Kier alpha value is -1.35. The van der Waals surface area contributed by atoms with E-state index in [0.717, 1.165) is 9.86 Å². The van der Waals surface area contributed by atoms with E-state index >= 15 is 0 Å². The Morgan fingerprint density at radius 1 is 1.15 bits per heavy atom. The van der Waals surface area contributed by atoms with Gasteiger partial charge in [-0.25, -0.2) is 0 Å². The number of benzene rings is 2. The second-order valence-electron chi connectivity index (χ2n) is 5.13. The Bertz CT molecular complexity index is 1090. The summed E-state index contributed by atoms with van der Waals surface area (Å²) in [5.74, 6) is 0.258. The van der Waals surface area contributed by atoms with Crippen molar-refractivity contribution in [2.45, 2.75) is 11.8 Å². The molecule has 0 spiro atoms. The summed E-state index contributed by atoms with van der Waals surface area (Å²) in [6.07, 6.45) is 1.56. The first-order valence-electron chi connectivity index (χ1n) is 7.43. The van der Waals surface area contributed by atoms with Crippen LogP contribution in [0.3, 0.4) is 0 Å². The standard InChI is InChI=1S/C17H12Br2ClNO4S/c1-2-24-14-6-5-10(20)8-15(14)26(22,23)25-17-13(19)9-12(18)11-4-3-7-21-16(11)17/h3-9H,2H2,1H3. The van der Waals surface area contributed by atoms with Gasteiger partial charge < -0.3 is 8.92 Å². The lowest BCUT2D eigenvalue weighted by atomic mass is 10.2. The molecule has 3 aromatic rings. The minimum Gasteiger partial charge on any atom is -0.492 e. The molecule has 0 N–H and O–H groups in total. The van der Waals surface area contributed by atoms with Crippen LogP contribution in [0.25, 0.3) is 10.9 Å². The topological polar surface area (TPSA) is 65.5 Å². The van der Waals surface area contributed by atoms with Crippen molar-refractivity contribution in [2.24, 2.45) is 0 Å². The van der Waals surface area contributed by atoms with Gasteiger partial charge in [0.2, 0.25) is 0 Å². The Morgan fingerprint density at radius 3 is 2.65 bits per heavy atom. The van der Waals surface area contributed by atoms with Crippen LogP contribution in [0.2, 0.25) is 5.02 Å². The maximum atomic E-state index is 12.9. The molecule has 3 rings (SSSR count). The van der Waals surface area contributed by atoms with Gasteiger partial charge in [-0.15, -0.1) is 0 Å². The number of ether oxygens (including phenoxy) is 1. The van der Waals surface area contributed by atoms with E-state index < -0.39 is 10.1 Å². The van der Waals surface area contributed by atoms with E-state index in [4.69, 9.17) is 20.5 Å². The summed E-state index contributed by atoms with van der Waals surface area (Å²) in [4.78, 5) is 4.10. The maximum absolute atomic E-state index is 12.9. The number of halogens is 3. The highest BCUT2D eigenvalue weighted by molar-refractivity contribution is 9.11. The predicted molar refractivity (Wildman–Crippen MR) is 108 cm³/mol. The number of hydrogen-bond donors (Lipinski definition) is 0. The van der Waals surface area contributed by atoms with Gasteiger partial charge in [0.25, 0.3) is 0 Å². The highest BCUT2D eigenvalue weighted by Crippen LogP contribution is 2.39. The predicted octanol–water partition coefficient (Wildman–Crippen LogP) is 5.58. The van der Waals surface area contributed by atoms with E-state index in [1.807, 2.05) is 6.07 Å². The summed E-state index contributed by atoms with van der Waals surface area (Å²) in [7, 11) is -4.21. The fraction of sp³-hybridized carbons (Fsp3) is 0.118. The zero-order valence-electron chi connectivity index (χ0n) is 13.4. The van der Waals surface area contributed by atoms with Crippen LogP contribution < -0.4 is 8.92 Å². The van der Waals surface area contributed by atoms with Gasteiger partial charge in [-0.05, 0) is 53.2 Å². The van der Waals surface area contributed by atoms with E-state index in [0.29, 0.717) is 16.6 Å². The van der Waals surface area contributed by atoms with Gasteiger partial charge in [0.05, 0.1) is 11.1 Å². The number of nitrogens with zero attached hydrogens (tertiary/aromatic N) is 1. The first kappa shape index (κ1) is 19.4. The third-order valence-electron chi connectivity index (χ3n) is 3.42. The molecule has 0 aliphatic carbocycles. The molecule has 0 bridgehead atoms. The monoisotopic (exact) mass is 519 g/mol. The molecule has 0 aliphatic heterocycles. The summed E-state index contributed by atoms with van der Waals surface area (Å²) in [5, 5.41) is 0.977. The number of pyridine rings is 1. The molecule has 5 nitrogen and oxygen atoms in total. The van der Waals surface area contributed by atoms with E-state index in [1.54, 1.807) is 31.3 Å². The van der Waals surface area contributed by atoms with Crippen LogP contribution in [0.1, 0.15) is 6.92 Å². The Morgan fingerprint density at radius 2 is 1.92 bits per heavy atom. The lowest BCUT2D eigenvalue weighted by molar-refractivity contribution is 0.329. The van der Waals surface area contributed by atoms with E-state index in [1.165, 1.54) is 12.1 Å². The first-order valence-corrected chi connectivity index (χ1v) is 10.8. The maximum Gasteiger partial charge on any atom is 0.343 e. The Balaban J connectivity index is 2.15. The lowest BCUT2D eigenvalue weighted by Crippen LogP contribution is -2.12. The normalized spacial score (nSPS) is 11.5. The number of hydrogen-bond acceptors (Lipinski definition) is 5. The van der Waals surface area contributed by atoms with Crippen molar-refractivity contribution < 1.29 is 17.3 Å². The van der Waals surface area contributed by atoms with Crippen LogP contribution in [0.5, 0.6) is 11.5 Å². The highest BCUT2D eigenvalue weighted by atomic mass is 79.9. The van der Waals surface area contributed by atoms with Gasteiger partial charge in [-0.1, -0.05) is 33.6 Å². The Kier molecular flexibility index (Phi) is 5.76. The summed E-state index contributed by atoms with van der Waals surface area (Å²) in [5.41, 5.74) is 0.400. The van der Waals surface area contributed by atoms with Crippen LogP contribution in [0.4, 0.5) is 0 Å². The zero-order chi connectivity index (χ0) is 18.9. The fourth-order valence-corrected chi connectivity index (χ4v) is 5.15. The van der Waals surface area contributed by atoms with Crippen LogP contribution in [-0.2, 0) is 10.1 Å². The molecule has 26 heavy (non-hydrogen) atoms. The molecule has 136 valence electrons. The summed E-state index contributed by atoms with van der Waals surface area (Å²) >= 11 is 12.7. The third kappa shape index (κ3) is 3.83. The Labute approximate surface area is 172 Å². The molecule has 0 radical (unpaired) electrons. The van der Waals surface area contributed by atoms with Gasteiger partial charge in [0.15, 0.2) is 5.75 Å². The van der Waals surface area contributed by atoms with Gasteiger partial charge in [0, 0.05) is 21.1 Å². The molecule has 0 atom stereocenters. The molecule has 0 saturated heterocycles. The third-order valence-corrected chi connectivity index (χ3v) is 6.14. The molecule has 2 aromatic carbocycles. The van der Waals surface area contributed by atoms with Crippen molar-refractivity contribution in [1.82, 2.24) is 4.98 Å². The van der Waals surface area contributed by atoms with Crippen LogP contribution in [0, 0.1) is 0 Å². The van der Waals surface area contributed by atoms with Gasteiger partial charge in [-0.3, -0.25) is 4.98 Å². The molecular weight excluding hydrogens is 510 g/mol. The molecule has 1 heterocycles. The summed E-state index contributed by atoms with van der Waals surface area (Å²) in [6, 6.07) is 9.61. The average Bonchev–Trinajstić information content (AvgIpc) is 2.60. The van der Waals surface area contributed by atoms with Crippen molar-refractivity contribution >= 4 is 64.5 Å². The summed E-state index contributed by atoms with van der Waals surface area (Å²) < 4.78 is 37.9. The molecule has 1 aromatic heterocycles. The van der Waals surface area contributed by atoms with Crippen molar-refractivity contribution in [2.75, 3.05) is 6.61 Å². The van der Waals surface area contributed by atoms with E-state index in [-0.39, 0.29) is 21.4 Å². The second-order valence-corrected chi connectivity index (χ2v) is 8.79. The SMILES string of the molecule is CCOc1ccc(Cl)cc1S(=O)(=O)Oc1c(Br)cc(Br)c2cccnc12. The lowest BCUT2D eigenvalue weighted by Gasteiger charge is -2.14. The largest absolute Gasteiger partial charge is 0.492 e. The van der Waals surface area contributed by atoms with Crippen LogP contribution in [-0.4, -0.2) is 20.0 Å². The average molecular weight is 522 g/mol. The quantitative estimate of drug-likeness (QED) is 0.410. The van der Waals surface area contributed by atoms with Crippen LogP contribution in [0.15, 0.2) is 56.4 Å².